The zero-order chi connectivity index (χ0) is 13.1. The Kier molecular flexibility index (Phi) is 4.34. The molecule has 94 valence electrons. The molecule has 0 aromatic rings. The number of hydrogen-bond donors (Lipinski definition) is 1. The monoisotopic (exact) mass is 241 g/mol. The van der Waals surface area contributed by atoms with Crippen molar-refractivity contribution in [2.24, 2.45) is 5.41 Å². The maximum Gasteiger partial charge on any atom is 0.406 e. The van der Waals surface area contributed by atoms with E-state index in [9.17, 15) is 22.8 Å². The van der Waals surface area contributed by atoms with Crippen LogP contribution in [-0.2, 0) is 9.59 Å². The fourth-order valence-electron chi connectivity index (χ4n) is 0.946. The van der Waals surface area contributed by atoms with Crippen LogP contribution in [0, 0.1) is 5.41 Å². The van der Waals surface area contributed by atoms with Crippen molar-refractivity contribution in [1.29, 1.82) is 0 Å². The SMILES string of the molecule is CN(CC(F)(F)F)C(=O)CC(C)(C)C(=O)O. The molecule has 0 saturated heterocycles. The molecule has 0 fully saturated rings. The molecule has 0 atom stereocenters. The summed E-state index contributed by atoms with van der Waals surface area (Å²) in [6.07, 6.45) is -4.94. The maximum absolute atomic E-state index is 11.9. The Morgan fingerprint density at radius 3 is 2.00 bits per heavy atom. The molecule has 0 aliphatic heterocycles. The van der Waals surface area contributed by atoms with Crippen LogP contribution in [0.5, 0.6) is 0 Å². The van der Waals surface area contributed by atoms with Crippen LogP contribution in [0.3, 0.4) is 0 Å². The minimum absolute atomic E-state index is 0.463. The number of hydrogen-bond acceptors (Lipinski definition) is 2. The van der Waals surface area contributed by atoms with Gasteiger partial charge in [-0.05, 0) is 13.8 Å². The molecule has 0 saturated carbocycles. The van der Waals surface area contributed by atoms with Gasteiger partial charge in [0.05, 0.1) is 5.41 Å². The lowest BCUT2D eigenvalue weighted by atomic mass is 9.89. The second kappa shape index (κ2) is 4.71. The van der Waals surface area contributed by atoms with E-state index in [0.29, 0.717) is 4.90 Å². The third kappa shape index (κ3) is 4.99. The molecule has 1 amide bonds. The Hall–Kier alpha value is -1.27. The second-order valence-corrected chi connectivity index (χ2v) is 4.23. The van der Waals surface area contributed by atoms with Crippen molar-refractivity contribution < 1.29 is 27.9 Å². The summed E-state index contributed by atoms with van der Waals surface area (Å²) in [6, 6.07) is 0. The van der Waals surface area contributed by atoms with E-state index in [0.717, 1.165) is 7.05 Å². The molecule has 0 radical (unpaired) electrons. The quantitative estimate of drug-likeness (QED) is 0.811. The molecular formula is C9H14F3NO3. The van der Waals surface area contributed by atoms with Crippen molar-refractivity contribution in [2.75, 3.05) is 13.6 Å². The molecule has 0 aliphatic carbocycles. The van der Waals surface area contributed by atoms with Crippen LogP contribution < -0.4 is 0 Å². The van der Waals surface area contributed by atoms with E-state index in [4.69, 9.17) is 5.11 Å². The summed E-state index contributed by atoms with van der Waals surface area (Å²) in [6.45, 7) is 1.20. The first-order chi connectivity index (χ1) is 6.96. The summed E-state index contributed by atoms with van der Waals surface area (Å²) in [7, 11) is 0.994. The van der Waals surface area contributed by atoms with Crippen LogP contribution in [0.4, 0.5) is 13.2 Å². The fraction of sp³-hybridized carbons (Fsp3) is 0.778. The molecule has 0 unspecified atom stereocenters. The first-order valence-electron chi connectivity index (χ1n) is 4.50. The number of carboxylic acid groups (broad SMARTS) is 1. The lowest BCUT2D eigenvalue weighted by Crippen LogP contribution is -2.39. The molecule has 7 heteroatoms. The molecule has 4 nitrogen and oxygen atoms in total. The summed E-state index contributed by atoms with van der Waals surface area (Å²) in [5, 5.41) is 8.71. The summed E-state index contributed by atoms with van der Waals surface area (Å²) in [5.74, 6) is -2.06. The largest absolute Gasteiger partial charge is 0.481 e. The van der Waals surface area contributed by atoms with E-state index in [-0.39, 0.29) is 0 Å². The Bertz CT molecular complexity index is 286. The van der Waals surface area contributed by atoms with E-state index < -0.39 is 36.4 Å². The topological polar surface area (TPSA) is 57.6 Å². The van der Waals surface area contributed by atoms with Gasteiger partial charge in [-0.25, -0.2) is 0 Å². The number of halogens is 3. The number of alkyl halides is 3. The molecule has 0 aromatic heterocycles. The van der Waals surface area contributed by atoms with Gasteiger partial charge in [-0.15, -0.1) is 0 Å². The van der Waals surface area contributed by atoms with E-state index in [1.807, 2.05) is 0 Å². The van der Waals surface area contributed by atoms with Gasteiger partial charge >= 0.3 is 12.1 Å². The first kappa shape index (κ1) is 14.7. The number of rotatable bonds is 4. The third-order valence-electron chi connectivity index (χ3n) is 2.01. The molecule has 0 aromatic carbocycles. The predicted molar refractivity (Wildman–Crippen MR) is 49.7 cm³/mol. The second-order valence-electron chi connectivity index (χ2n) is 4.23. The van der Waals surface area contributed by atoms with Gasteiger partial charge in [0, 0.05) is 13.5 Å². The van der Waals surface area contributed by atoms with Crippen molar-refractivity contribution in [3.63, 3.8) is 0 Å². The summed E-state index contributed by atoms with van der Waals surface area (Å²) in [5.41, 5.74) is -1.36. The number of carbonyl (C=O) groups excluding carboxylic acids is 1. The summed E-state index contributed by atoms with van der Waals surface area (Å²) < 4.78 is 35.8. The average Bonchev–Trinajstić information content (AvgIpc) is 1.99. The van der Waals surface area contributed by atoms with Crippen molar-refractivity contribution >= 4 is 11.9 Å². The van der Waals surface area contributed by atoms with Crippen molar-refractivity contribution in [3.8, 4) is 0 Å². The Labute approximate surface area is 91.0 Å². The van der Waals surface area contributed by atoms with Crippen molar-refractivity contribution in [1.82, 2.24) is 4.90 Å². The highest BCUT2D eigenvalue weighted by atomic mass is 19.4. The maximum atomic E-state index is 11.9. The van der Waals surface area contributed by atoms with Crippen LogP contribution in [0.2, 0.25) is 0 Å². The van der Waals surface area contributed by atoms with Gasteiger partial charge in [0.1, 0.15) is 6.54 Å². The van der Waals surface area contributed by atoms with E-state index in [2.05, 4.69) is 0 Å². The molecule has 0 spiro atoms. The van der Waals surface area contributed by atoms with Gasteiger partial charge in [0.25, 0.3) is 0 Å². The predicted octanol–water partition coefficient (Wildman–Crippen LogP) is 1.51. The van der Waals surface area contributed by atoms with Crippen LogP contribution in [-0.4, -0.2) is 41.7 Å². The summed E-state index contributed by atoms with van der Waals surface area (Å²) >= 11 is 0. The van der Waals surface area contributed by atoms with Crippen LogP contribution in [0.15, 0.2) is 0 Å². The Morgan fingerprint density at radius 1 is 1.25 bits per heavy atom. The molecule has 0 rings (SSSR count). The average molecular weight is 241 g/mol. The van der Waals surface area contributed by atoms with Crippen LogP contribution >= 0.6 is 0 Å². The molecule has 16 heavy (non-hydrogen) atoms. The zero-order valence-corrected chi connectivity index (χ0v) is 9.26. The standard InChI is InChI=1S/C9H14F3NO3/c1-8(2,7(15)16)4-6(14)13(3)5-9(10,11)12/h4-5H2,1-3H3,(H,15,16). The number of carbonyl (C=O) groups is 2. The van der Waals surface area contributed by atoms with E-state index >= 15 is 0 Å². The number of carboxylic acids is 1. The minimum atomic E-state index is -4.47. The fourth-order valence-corrected chi connectivity index (χ4v) is 0.946. The van der Waals surface area contributed by atoms with E-state index in [1.165, 1.54) is 13.8 Å². The normalized spacial score (nSPS) is 12.4. The van der Waals surface area contributed by atoms with Gasteiger partial charge in [-0.2, -0.15) is 13.2 Å². The minimum Gasteiger partial charge on any atom is -0.481 e. The lowest BCUT2D eigenvalue weighted by Gasteiger charge is -2.24. The summed E-state index contributed by atoms with van der Waals surface area (Å²) in [4.78, 5) is 22.5. The van der Waals surface area contributed by atoms with Gasteiger partial charge in [0.2, 0.25) is 5.91 Å². The van der Waals surface area contributed by atoms with Gasteiger partial charge < -0.3 is 10.0 Å². The van der Waals surface area contributed by atoms with Crippen molar-refractivity contribution in [2.45, 2.75) is 26.4 Å². The molecule has 1 N–H and O–H groups in total. The van der Waals surface area contributed by atoms with Gasteiger partial charge in [-0.3, -0.25) is 9.59 Å². The van der Waals surface area contributed by atoms with Crippen LogP contribution in [0.25, 0.3) is 0 Å². The molecule has 0 heterocycles. The molecule has 0 aliphatic rings. The number of aliphatic carboxylic acids is 1. The third-order valence-corrected chi connectivity index (χ3v) is 2.01. The molecular weight excluding hydrogens is 227 g/mol. The molecule has 0 bridgehead atoms. The Morgan fingerprint density at radius 2 is 1.69 bits per heavy atom. The highest BCUT2D eigenvalue weighted by Crippen LogP contribution is 2.23. The van der Waals surface area contributed by atoms with Crippen LogP contribution in [0.1, 0.15) is 20.3 Å². The van der Waals surface area contributed by atoms with Crippen molar-refractivity contribution in [3.05, 3.63) is 0 Å². The Balaban J connectivity index is 4.43. The highest BCUT2D eigenvalue weighted by Gasteiger charge is 2.35. The zero-order valence-electron chi connectivity index (χ0n) is 9.26. The number of nitrogens with zero attached hydrogens (tertiary/aromatic N) is 1. The van der Waals surface area contributed by atoms with Gasteiger partial charge in [-0.1, -0.05) is 0 Å². The number of amides is 1. The first-order valence-corrected chi connectivity index (χ1v) is 4.50. The highest BCUT2D eigenvalue weighted by molar-refractivity contribution is 5.84. The van der Waals surface area contributed by atoms with Gasteiger partial charge in [0.15, 0.2) is 0 Å². The van der Waals surface area contributed by atoms with E-state index in [1.54, 1.807) is 0 Å². The smallest absolute Gasteiger partial charge is 0.406 e. The lowest BCUT2D eigenvalue weighted by molar-refractivity contribution is -0.162.